The molecule has 0 fully saturated rings. The van der Waals surface area contributed by atoms with Crippen LogP contribution < -0.4 is 5.32 Å². The second kappa shape index (κ2) is 8.57. The van der Waals surface area contributed by atoms with Gasteiger partial charge in [0.1, 0.15) is 10.8 Å². The van der Waals surface area contributed by atoms with Crippen LogP contribution in [0.2, 0.25) is 5.02 Å². The SMILES string of the molecule is O=C(CCCc1nc(-c2ccc(F)cc2)no1)Nc1ccc(Cl)c([N+](=O)[O-])c1. The highest BCUT2D eigenvalue weighted by Gasteiger charge is 2.14. The quantitative estimate of drug-likeness (QED) is 0.461. The normalized spacial score (nSPS) is 10.6. The summed E-state index contributed by atoms with van der Waals surface area (Å²) in [6.07, 6.45) is 0.972. The van der Waals surface area contributed by atoms with E-state index in [0.717, 1.165) is 0 Å². The van der Waals surface area contributed by atoms with E-state index >= 15 is 0 Å². The van der Waals surface area contributed by atoms with Crippen molar-refractivity contribution >= 4 is 28.9 Å². The third-order valence-electron chi connectivity index (χ3n) is 3.79. The second-order valence-electron chi connectivity index (χ2n) is 5.84. The molecule has 0 bridgehead atoms. The van der Waals surface area contributed by atoms with Gasteiger partial charge in [-0.3, -0.25) is 14.9 Å². The fraction of sp³-hybridized carbons (Fsp3) is 0.167. The number of aryl methyl sites for hydroxylation is 1. The van der Waals surface area contributed by atoms with E-state index in [1.807, 2.05) is 0 Å². The summed E-state index contributed by atoms with van der Waals surface area (Å²) in [6.45, 7) is 0. The molecule has 0 unspecified atom stereocenters. The van der Waals surface area contributed by atoms with Crippen LogP contribution in [-0.2, 0) is 11.2 Å². The molecule has 1 heterocycles. The molecule has 0 aliphatic carbocycles. The van der Waals surface area contributed by atoms with Crippen molar-refractivity contribution in [3.63, 3.8) is 0 Å². The minimum absolute atomic E-state index is 0.00338. The monoisotopic (exact) mass is 404 g/mol. The number of benzene rings is 2. The van der Waals surface area contributed by atoms with Gasteiger partial charge in [0, 0.05) is 30.2 Å². The molecule has 144 valence electrons. The Balaban J connectivity index is 1.51. The Morgan fingerprint density at radius 3 is 2.71 bits per heavy atom. The maximum Gasteiger partial charge on any atom is 0.289 e. The van der Waals surface area contributed by atoms with Crippen LogP contribution in [0.15, 0.2) is 47.0 Å². The number of anilines is 1. The van der Waals surface area contributed by atoms with E-state index in [9.17, 15) is 19.3 Å². The van der Waals surface area contributed by atoms with E-state index in [0.29, 0.717) is 30.1 Å². The topological polar surface area (TPSA) is 111 Å². The van der Waals surface area contributed by atoms with Crippen LogP contribution in [0.1, 0.15) is 18.7 Å². The summed E-state index contributed by atoms with van der Waals surface area (Å²) in [5, 5.41) is 17.3. The molecule has 0 spiro atoms. The van der Waals surface area contributed by atoms with Gasteiger partial charge in [-0.25, -0.2) is 4.39 Å². The molecule has 28 heavy (non-hydrogen) atoms. The molecule has 10 heteroatoms. The van der Waals surface area contributed by atoms with Gasteiger partial charge < -0.3 is 9.84 Å². The molecule has 1 amide bonds. The number of amides is 1. The van der Waals surface area contributed by atoms with Crippen LogP contribution in [-0.4, -0.2) is 21.0 Å². The minimum atomic E-state index is -0.619. The maximum atomic E-state index is 12.9. The Morgan fingerprint density at radius 2 is 2.00 bits per heavy atom. The number of carbonyl (C=O) groups is 1. The first-order chi connectivity index (χ1) is 13.4. The van der Waals surface area contributed by atoms with Crippen LogP contribution >= 0.6 is 11.6 Å². The van der Waals surface area contributed by atoms with Gasteiger partial charge in [-0.1, -0.05) is 16.8 Å². The number of aromatic nitrogens is 2. The number of nitrogens with one attached hydrogen (secondary N) is 1. The summed E-state index contributed by atoms with van der Waals surface area (Å²) in [5.74, 6) is 0.0292. The number of rotatable bonds is 7. The standard InChI is InChI=1S/C18H14ClFN4O4/c19-14-9-8-13(10-15(14)24(26)27)21-16(25)2-1-3-17-22-18(23-28-17)11-4-6-12(20)7-5-11/h4-10H,1-3H2,(H,21,25). The molecule has 0 atom stereocenters. The molecule has 3 aromatic rings. The highest BCUT2D eigenvalue weighted by molar-refractivity contribution is 6.32. The largest absolute Gasteiger partial charge is 0.339 e. The van der Waals surface area contributed by atoms with E-state index in [1.165, 1.54) is 30.3 Å². The number of halogens is 2. The first-order valence-corrected chi connectivity index (χ1v) is 8.62. The molecule has 2 aromatic carbocycles. The van der Waals surface area contributed by atoms with E-state index in [2.05, 4.69) is 15.5 Å². The summed E-state index contributed by atoms with van der Waals surface area (Å²) in [7, 11) is 0. The molecule has 0 saturated carbocycles. The van der Waals surface area contributed by atoms with Crippen molar-refractivity contribution in [3.8, 4) is 11.4 Å². The number of hydrogen-bond donors (Lipinski definition) is 1. The Morgan fingerprint density at radius 1 is 1.25 bits per heavy atom. The van der Waals surface area contributed by atoms with Gasteiger partial charge >= 0.3 is 0 Å². The first kappa shape index (κ1) is 19.4. The summed E-state index contributed by atoms with van der Waals surface area (Å²) in [5.41, 5.74) is 0.634. The van der Waals surface area contributed by atoms with Gasteiger partial charge in [-0.05, 0) is 42.8 Å². The smallest absolute Gasteiger partial charge is 0.289 e. The Labute approximate surface area is 163 Å². The Bertz CT molecular complexity index is 1010. The zero-order chi connectivity index (χ0) is 20.1. The van der Waals surface area contributed by atoms with Crippen molar-refractivity contribution < 1.29 is 18.6 Å². The molecule has 1 N–H and O–H groups in total. The minimum Gasteiger partial charge on any atom is -0.339 e. The van der Waals surface area contributed by atoms with Crippen molar-refractivity contribution in [1.29, 1.82) is 0 Å². The zero-order valence-corrected chi connectivity index (χ0v) is 15.1. The molecule has 0 radical (unpaired) electrons. The third-order valence-corrected chi connectivity index (χ3v) is 4.11. The average Bonchev–Trinajstić information content (AvgIpc) is 3.12. The molecule has 0 saturated heterocycles. The Kier molecular flexibility index (Phi) is 5.95. The van der Waals surface area contributed by atoms with Gasteiger partial charge in [0.2, 0.25) is 17.6 Å². The lowest BCUT2D eigenvalue weighted by molar-refractivity contribution is -0.384. The van der Waals surface area contributed by atoms with Crippen molar-refractivity contribution in [2.24, 2.45) is 0 Å². The summed E-state index contributed by atoms with van der Waals surface area (Å²) >= 11 is 5.74. The fourth-order valence-corrected chi connectivity index (χ4v) is 2.61. The second-order valence-corrected chi connectivity index (χ2v) is 6.25. The average molecular weight is 405 g/mol. The van der Waals surface area contributed by atoms with Gasteiger partial charge in [-0.15, -0.1) is 0 Å². The molecule has 1 aromatic heterocycles. The van der Waals surface area contributed by atoms with Gasteiger partial charge in [0.05, 0.1) is 4.92 Å². The molecular weight excluding hydrogens is 391 g/mol. The molecule has 8 nitrogen and oxygen atoms in total. The van der Waals surface area contributed by atoms with E-state index in [1.54, 1.807) is 12.1 Å². The van der Waals surface area contributed by atoms with Crippen molar-refractivity contribution in [3.05, 3.63) is 69.3 Å². The number of nitro groups is 1. The molecule has 0 aliphatic heterocycles. The lowest BCUT2D eigenvalue weighted by Gasteiger charge is -2.05. The van der Waals surface area contributed by atoms with Crippen molar-refractivity contribution in [2.45, 2.75) is 19.3 Å². The number of carbonyl (C=O) groups excluding carboxylic acids is 1. The lowest BCUT2D eigenvalue weighted by atomic mass is 10.2. The van der Waals surface area contributed by atoms with Gasteiger partial charge in [0.25, 0.3) is 5.69 Å². The van der Waals surface area contributed by atoms with E-state index in [4.69, 9.17) is 16.1 Å². The van der Waals surface area contributed by atoms with Crippen LogP contribution in [0.4, 0.5) is 15.8 Å². The predicted octanol–water partition coefficient (Wildman–Crippen LogP) is 4.40. The highest BCUT2D eigenvalue weighted by atomic mass is 35.5. The van der Waals surface area contributed by atoms with E-state index in [-0.39, 0.29) is 34.5 Å². The molecular formula is C18H14ClFN4O4. The molecule has 3 rings (SSSR count). The highest BCUT2D eigenvalue weighted by Crippen LogP contribution is 2.27. The molecule has 0 aliphatic rings. The lowest BCUT2D eigenvalue weighted by Crippen LogP contribution is -2.11. The van der Waals surface area contributed by atoms with Crippen LogP contribution in [0, 0.1) is 15.9 Å². The fourth-order valence-electron chi connectivity index (χ4n) is 2.43. The van der Waals surface area contributed by atoms with Gasteiger partial charge in [0.15, 0.2) is 0 Å². The predicted molar refractivity (Wildman–Crippen MR) is 99.4 cm³/mol. The number of nitrogens with zero attached hydrogens (tertiary/aromatic N) is 3. The van der Waals surface area contributed by atoms with Crippen molar-refractivity contribution in [2.75, 3.05) is 5.32 Å². The van der Waals surface area contributed by atoms with Gasteiger partial charge in [-0.2, -0.15) is 4.98 Å². The number of nitro benzene ring substituents is 1. The van der Waals surface area contributed by atoms with Crippen LogP contribution in [0.5, 0.6) is 0 Å². The zero-order valence-electron chi connectivity index (χ0n) is 14.4. The number of hydrogen-bond acceptors (Lipinski definition) is 6. The third kappa shape index (κ3) is 4.89. The maximum absolute atomic E-state index is 12.9. The van der Waals surface area contributed by atoms with E-state index < -0.39 is 4.92 Å². The summed E-state index contributed by atoms with van der Waals surface area (Å²) in [4.78, 5) is 26.5. The van der Waals surface area contributed by atoms with Crippen molar-refractivity contribution in [1.82, 2.24) is 10.1 Å². The summed E-state index contributed by atoms with van der Waals surface area (Å²) in [6, 6.07) is 9.73. The van der Waals surface area contributed by atoms with Crippen LogP contribution in [0.3, 0.4) is 0 Å². The summed E-state index contributed by atoms with van der Waals surface area (Å²) < 4.78 is 18.1. The first-order valence-electron chi connectivity index (χ1n) is 8.24. The van der Waals surface area contributed by atoms with Crippen LogP contribution in [0.25, 0.3) is 11.4 Å². The Hall–Kier alpha value is -3.33.